The van der Waals surface area contributed by atoms with Gasteiger partial charge in [-0.15, -0.1) is 11.8 Å². The molecule has 1 fully saturated rings. The molecule has 1 unspecified atom stereocenters. The third kappa shape index (κ3) is 4.31. The number of carbonyl (C=O) groups excluding carboxylic acids is 1. The summed E-state index contributed by atoms with van der Waals surface area (Å²) in [5.74, 6) is 2.48. The fraction of sp³-hybridized carbons (Fsp3) is 0.174. The summed E-state index contributed by atoms with van der Waals surface area (Å²) in [4.78, 5) is 14.7. The Balaban J connectivity index is 1.49. The lowest BCUT2D eigenvalue weighted by Gasteiger charge is -2.24. The van der Waals surface area contributed by atoms with Crippen molar-refractivity contribution in [3.63, 3.8) is 0 Å². The maximum atomic E-state index is 12.8. The molecule has 0 aliphatic carbocycles. The Kier molecular flexibility index (Phi) is 5.53. The lowest BCUT2D eigenvalue weighted by molar-refractivity contribution is 0.214. The zero-order chi connectivity index (χ0) is 19.3. The molecule has 1 aliphatic heterocycles. The molecule has 5 heteroatoms. The number of nitrogens with zero attached hydrogens (tertiary/aromatic N) is 1. The topological polar surface area (TPSA) is 41.6 Å². The van der Waals surface area contributed by atoms with E-state index in [0.29, 0.717) is 0 Å². The standard InChI is InChI=1S/C23H22N2O2S/c1-17-10-12-19(13-11-17)24-23(26)25-14-15-28-22(25)18-6-5-9-21(16-18)27-20-7-3-2-4-8-20/h2-13,16,22H,14-15H2,1H3,(H,24,26). The highest BCUT2D eigenvalue weighted by atomic mass is 32.2. The molecule has 1 aliphatic rings. The zero-order valence-electron chi connectivity index (χ0n) is 15.7. The Hall–Kier alpha value is -2.92. The van der Waals surface area contributed by atoms with Crippen LogP contribution in [0.15, 0.2) is 78.9 Å². The predicted octanol–water partition coefficient (Wildman–Crippen LogP) is 6.07. The molecular weight excluding hydrogens is 368 g/mol. The lowest BCUT2D eigenvalue weighted by Crippen LogP contribution is -2.34. The lowest BCUT2D eigenvalue weighted by atomic mass is 10.2. The van der Waals surface area contributed by atoms with Crippen LogP contribution in [0, 0.1) is 6.92 Å². The normalized spacial score (nSPS) is 16.0. The van der Waals surface area contributed by atoms with Gasteiger partial charge < -0.3 is 15.0 Å². The number of urea groups is 1. The molecule has 1 atom stereocenters. The molecule has 0 aromatic heterocycles. The van der Waals surface area contributed by atoms with E-state index in [1.165, 1.54) is 5.56 Å². The minimum Gasteiger partial charge on any atom is -0.457 e. The molecule has 1 heterocycles. The van der Waals surface area contributed by atoms with Crippen LogP contribution in [0.4, 0.5) is 10.5 Å². The Labute approximate surface area is 169 Å². The summed E-state index contributed by atoms with van der Waals surface area (Å²) in [5, 5.41) is 2.98. The third-order valence-corrected chi connectivity index (χ3v) is 5.84. The Morgan fingerprint density at radius 3 is 2.54 bits per heavy atom. The molecule has 28 heavy (non-hydrogen) atoms. The number of ether oxygens (including phenoxy) is 1. The fourth-order valence-electron chi connectivity index (χ4n) is 3.14. The van der Waals surface area contributed by atoms with Crippen molar-refractivity contribution in [2.75, 3.05) is 17.6 Å². The average molecular weight is 391 g/mol. The minimum absolute atomic E-state index is 0.0234. The zero-order valence-corrected chi connectivity index (χ0v) is 16.5. The number of carbonyl (C=O) groups is 1. The van der Waals surface area contributed by atoms with Crippen molar-refractivity contribution in [3.8, 4) is 11.5 Å². The van der Waals surface area contributed by atoms with Crippen molar-refractivity contribution in [2.45, 2.75) is 12.3 Å². The van der Waals surface area contributed by atoms with Crippen molar-refractivity contribution in [1.29, 1.82) is 0 Å². The van der Waals surface area contributed by atoms with Crippen molar-refractivity contribution in [1.82, 2.24) is 4.90 Å². The van der Waals surface area contributed by atoms with Gasteiger partial charge in [0.05, 0.1) is 0 Å². The van der Waals surface area contributed by atoms with Crippen molar-refractivity contribution in [2.24, 2.45) is 0 Å². The number of benzene rings is 3. The van der Waals surface area contributed by atoms with Crippen LogP contribution in [0.5, 0.6) is 11.5 Å². The molecule has 142 valence electrons. The molecule has 4 rings (SSSR count). The van der Waals surface area contributed by atoms with E-state index in [4.69, 9.17) is 4.74 Å². The number of aryl methyl sites for hydroxylation is 1. The number of amides is 2. The Bertz CT molecular complexity index is 944. The highest BCUT2D eigenvalue weighted by Gasteiger charge is 2.31. The first-order chi connectivity index (χ1) is 13.7. The maximum Gasteiger partial charge on any atom is 0.323 e. The largest absolute Gasteiger partial charge is 0.457 e. The van der Waals surface area contributed by atoms with Gasteiger partial charge in [-0.05, 0) is 48.9 Å². The quantitative estimate of drug-likeness (QED) is 0.588. The van der Waals surface area contributed by atoms with E-state index in [1.807, 2.05) is 90.7 Å². The van der Waals surface area contributed by atoms with Gasteiger partial charge in [0.2, 0.25) is 0 Å². The second-order valence-electron chi connectivity index (χ2n) is 6.70. The predicted molar refractivity (Wildman–Crippen MR) is 115 cm³/mol. The van der Waals surface area contributed by atoms with Crippen LogP contribution in [0.2, 0.25) is 0 Å². The summed E-state index contributed by atoms with van der Waals surface area (Å²) < 4.78 is 5.95. The highest BCUT2D eigenvalue weighted by Crippen LogP contribution is 2.39. The molecule has 1 N–H and O–H groups in total. The maximum absolute atomic E-state index is 12.8. The number of thioether (sulfide) groups is 1. The minimum atomic E-state index is -0.0757. The van der Waals surface area contributed by atoms with E-state index in [0.717, 1.165) is 35.0 Å². The van der Waals surface area contributed by atoms with Crippen LogP contribution in [0.3, 0.4) is 0 Å². The molecule has 2 amide bonds. The van der Waals surface area contributed by atoms with Gasteiger partial charge in [-0.3, -0.25) is 0 Å². The van der Waals surface area contributed by atoms with Gasteiger partial charge in [0, 0.05) is 18.0 Å². The van der Waals surface area contributed by atoms with Crippen LogP contribution in [0.1, 0.15) is 16.5 Å². The molecule has 3 aromatic rings. The number of rotatable bonds is 4. The molecule has 3 aromatic carbocycles. The van der Waals surface area contributed by atoms with Crippen LogP contribution < -0.4 is 10.1 Å². The number of para-hydroxylation sites is 1. The van der Waals surface area contributed by atoms with Crippen molar-refractivity contribution < 1.29 is 9.53 Å². The van der Waals surface area contributed by atoms with Crippen LogP contribution in [0.25, 0.3) is 0 Å². The van der Waals surface area contributed by atoms with E-state index in [-0.39, 0.29) is 11.4 Å². The van der Waals surface area contributed by atoms with E-state index in [1.54, 1.807) is 11.8 Å². The summed E-state index contributed by atoms with van der Waals surface area (Å²) in [7, 11) is 0. The third-order valence-electron chi connectivity index (χ3n) is 4.58. The van der Waals surface area contributed by atoms with Gasteiger partial charge in [0.25, 0.3) is 0 Å². The van der Waals surface area contributed by atoms with Crippen LogP contribution >= 0.6 is 11.8 Å². The van der Waals surface area contributed by atoms with E-state index in [9.17, 15) is 4.79 Å². The average Bonchev–Trinajstić information content (AvgIpc) is 3.21. The Morgan fingerprint density at radius 2 is 1.75 bits per heavy atom. The van der Waals surface area contributed by atoms with Gasteiger partial charge in [0.1, 0.15) is 16.9 Å². The fourth-order valence-corrected chi connectivity index (χ4v) is 4.39. The van der Waals surface area contributed by atoms with Crippen molar-refractivity contribution in [3.05, 3.63) is 90.0 Å². The molecule has 1 saturated heterocycles. The van der Waals surface area contributed by atoms with E-state index < -0.39 is 0 Å². The van der Waals surface area contributed by atoms with Gasteiger partial charge in [0.15, 0.2) is 0 Å². The summed E-state index contributed by atoms with van der Waals surface area (Å²) in [6.45, 7) is 2.75. The van der Waals surface area contributed by atoms with Crippen LogP contribution in [-0.2, 0) is 0 Å². The molecule has 4 nitrogen and oxygen atoms in total. The van der Waals surface area contributed by atoms with Crippen molar-refractivity contribution >= 4 is 23.5 Å². The first-order valence-corrected chi connectivity index (χ1v) is 10.3. The molecular formula is C23H22N2O2S. The smallest absolute Gasteiger partial charge is 0.323 e. The van der Waals surface area contributed by atoms with Gasteiger partial charge in [-0.1, -0.05) is 48.0 Å². The summed E-state index contributed by atoms with van der Waals surface area (Å²) in [6.07, 6.45) is 0. The summed E-state index contributed by atoms with van der Waals surface area (Å²) in [6, 6.07) is 25.5. The summed E-state index contributed by atoms with van der Waals surface area (Å²) >= 11 is 1.77. The van der Waals surface area contributed by atoms with Gasteiger partial charge >= 0.3 is 6.03 Å². The highest BCUT2D eigenvalue weighted by molar-refractivity contribution is 7.99. The molecule has 0 radical (unpaired) electrons. The first-order valence-electron chi connectivity index (χ1n) is 9.28. The number of hydrogen-bond donors (Lipinski definition) is 1. The monoisotopic (exact) mass is 390 g/mol. The van der Waals surface area contributed by atoms with E-state index >= 15 is 0 Å². The molecule has 0 bridgehead atoms. The van der Waals surface area contributed by atoms with Crippen LogP contribution in [-0.4, -0.2) is 23.2 Å². The number of hydrogen-bond acceptors (Lipinski definition) is 3. The van der Waals surface area contributed by atoms with E-state index in [2.05, 4.69) is 5.32 Å². The molecule has 0 saturated carbocycles. The second kappa shape index (κ2) is 8.40. The summed E-state index contributed by atoms with van der Waals surface area (Å²) in [5.41, 5.74) is 3.05. The first kappa shape index (κ1) is 18.4. The Morgan fingerprint density at radius 1 is 1.00 bits per heavy atom. The number of nitrogens with one attached hydrogen (secondary N) is 1. The molecule has 0 spiro atoms. The SMILES string of the molecule is Cc1ccc(NC(=O)N2CCSC2c2cccc(Oc3ccccc3)c2)cc1. The van der Waals surface area contributed by atoms with Gasteiger partial charge in [-0.25, -0.2) is 4.79 Å². The van der Waals surface area contributed by atoms with Gasteiger partial charge in [-0.2, -0.15) is 0 Å². The second-order valence-corrected chi connectivity index (χ2v) is 7.89. The number of anilines is 1.